The Balaban J connectivity index is 2.32. The molecule has 0 radical (unpaired) electrons. The Kier molecular flexibility index (Phi) is 2.97. The minimum Gasteiger partial charge on any atom is -0.360 e. The van der Waals surface area contributed by atoms with Crippen LogP contribution in [0.1, 0.15) is 5.56 Å². The van der Waals surface area contributed by atoms with E-state index >= 15 is 0 Å². The molecule has 7 heteroatoms. The SMILES string of the molecule is C=Nc1ncc(C(F)(F)F)c(-c2c[nH]c3ccccc23)n1. The monoisotopic (exact) mass is 290 g/mol. The van der Waals surface area contributed by atoms with E-state index < -0.39 is 11.7 Å². The van der Waals surface area contributed by atoms with Gasteiger partial charge in [0.05, 0.1) is 5.69 Å². The van der Waals surface area contributed by atoms with E-state index in [4.69, 9.17) is 0 Å². The summed E-state index contributed by atoms with van der Waals surface area (Å²) in [5.74, 6) is -0.0942. The van der Waals surface area contributed by atoms with Gasteiger partial charge in [0.25, 0.3) is 0 Å². The fraction of sp³-hybridized carbons (Fsp3) is 0.0714. The van der Waals surface area contributed by atoms with Gasteiger partial charge in [0.1, 0.15) is 5.56 Å². The number of benzene rings is 1. The number of hydrogen-bond acceptors (Lipinski definition) is 3. The molecule has 1 aromatic carbocycles. The van der Waals surface area contributed by atoms with E-state index in [1.54, 1.807) is 24.3 Å². The Hall–Kier alpha value is -2.70. The molecule has 0 atom stereocenters. The van der Waals surface area contributed by atoms with Crippen LogP contribution in [0.2, 0.25) is 0 Å². The van der Waals surface area contributed by atoms with E-state index in [-0.39, 0.29) is 11.6 Å². The molecular weight excluding hydrogens is 281 g/mol. The molecule has 0 unspecified atom stereocenters. The maximum absolute atomic E-state index is 13.1. The zero-order valence-corrected chi connectivity index (χ0v) is 10.6. The molecule has 0 aliphatic heterocycles. The molecule has 0 amide bonds. The summed E-state index contributed by atoms with van der Waals surface area (Å²) >= 11 is 0. The number of fused-ring (bicyclic) bond motifs is 1. The van der Waals surface area contributed by atoms with E-state index in [2.05, 4.69) is 26.7 Å². The van der Waals surface area contributed by atoms with Crippen LogP contribution >= 0.6 is 0 Å². The van der Waals surface area contributed by atoms with Crippen LogP contribution in [-0.4, -0.2) is 21.7 Å². The number of aromatic nitrogens is 3. The van der Waals surface area contributed by atoms with E-state index in [9.17, 15) is 13.2 Å². The van der Waals surface area contributed by atoms with Crippen molar-refractivity contribution in [2.45, 2.75) is 6.18 Å². The summed E-state index contributed by atoms with van der Waals surface area (Å²) in [6.45, 7) is 3.24. The Bertz CT molecular complexity index is 820. The van der Waals surface area contributed by atoms with Crippen LogP contribution in [0.5, 0.6) is 0 Å². The number of hydrogen-bond donors (Lipinski definition) is 1. The number of halogens is 3. The van der Waals surface area contributed by atoms with Crippen LogP contribution < -0.4 is 0 Å². The smallest absolute Gasteiger partial charge is 0.360 e. The lowest BCUT2D eigenvalue weighted by atomic mass is 10.1. The first kappa shape index (κ1) is 13.3. The van der Waals surface area contributed by atoms with Crippen molar-refractivity contribution in [3.63, 3.8) is 0 Å². The summed E-state index contributed by atoms with van der Waals surface area (Å²) in [5.41, 5.74) is -0.0328. The number of para-hydroxylation sites is 1. The van der Waals surface area contributed by atoms with Crippen LogP contribution in [-0.2, 0) is 6.18 Å². The number of nitrogens with one attached hydrogen (secondary N) is 1. The fourth-order valence-electron chi connectivity index (χ4n) is 2.13. The highest BCUT2D eigenvalue weighted by Crippen LogP contribution is 2.38. The van der Waals surface area contributed by atoms with Crippen molar-refractivity contribution in [2.24, 2.45) is 4.99 Å². The summed E-state index contributed by atoms with van der Waals surface area (Å²) in [4.78, 5) is 13.8. The van der Waals surface area contributed by atoms with Crippen LogP contribution in [0.15, 0.2) is 41.7 Å². The van der Waals surface area contributed by atoms with Crippen molar-refractivity contribution in [1.29, 1.82) is 0 Å². The van der Waals surface area contributed by atoms with Crippen molar-refractivity contribution in [3.05, 3.63) is 42.2 Å². The van der Waals surface area contributed by atoms with Gasteiger partial charge >= 0.3 is 6.18 Å². The maximum Gasteiger partial charge on any atom is 0.419 e. The second-order valence-electron chi connectivity index (χ2n) is 4.34. The summed E-state index contributed by atoms with van der Waals surface area (Å²) in [7, 11) is 0. The van der Waals surface area contributed by atoms with Gasteiger partial charge in [-0.3, -0.25) is 0 Å². The lowest BCUT2D eigenvalue weighted by Crippen LogP contribution is -2.09. The van der Waals surface area contributed by atoms with E-state index in [0.29, 0.717) is 10.9 Å². The topological polar surface area (TPSA) is 53.9 Å². The maximum atomic E-state index is 13.1. The third kappa shape index (κ3) is 2.26. The van der Waals surface area contributed by atoms with Gasteiger partial charge in [-0.05, 0) is 12.8 Å². The molecule has 0 spiro atoms. The molecule has 4 nitrogen and oxygen atoms in total. The number of aliphatic imine (C=N–C) groups is 1. The second kappa shape index (κ2) is 4.69. The van der Waals surface area contributed by atoms with E-state index in [1.165, 1.54) is 6.20 Å². The molecular formula is C14H9F3N4. The van der Waals surface area contributed by atoms with Crippen molar-refractivity contribution >= 4 is 23.6 Å². The molecule has 0 saturated heterocycles. The number of H-pyrrole nitrogens is 1. The Morgan fingerprint density at radius 2 is 1.95 bits per heavy atom. The standard InChI is InChI=1S/C14H9F3N4/c1-18-13-20-7-10(14(15,16)17)12(21-13)9-6-19-11-5-3-2-4-8(9)11/h2-7,19H,1H2. The minimum absolute atomic E-state index is 0.0942. The molecule has 21 heavy (non-hydrogen) atoms. The van der Waals surface area contributed by atoms with Gasteiger partial charge in [-0.1, -0.05) is 18.2 Å². The van der Waals surface area contributed by atoms with E-state index in [1.807, 2.05) is 0 Å². The van der Waals surface area contributed by atoms with E-state index in [0.717, 1.165) is 11.7 Å². The summed E-state index contributed by atoms with van der Waals surface area (Å²) < 4.78 is 39.4. The Morgan fingerprint density at radius 1 is 1.19 bits per heavy atom. The van der Waals surface area contributed by atoms with Gasteiger partial charge < -0.3 is 4.98 Å². The molecule has 106 valence electrons. The molecule has 1 N–H and O–H groups in total. The zero-order valence-electron chi connectivity index (χ0n) is 10.6. The highest BCUT2D eigenvalue weighted by Gasteiger charge is 2.36. The fourth-order valence-corrected chi connectivity index (χ4v) is 2.13. The summed E-state index contributed by atoms with van der Waals surface area (Å²) in [6, 6.07) is 7.05. The van der Waals surface area contributed by atoms with Gasteiger partial charge in [-0.15, -0.1) is 0 Å². The summed E-state index contributed by atoms with van der Waals surface area (Å²) in [5, 5.41) is 0.650. The molecule has 2 aromatic heterocycles. The number of nitrogens with zero attached hydrogens (tertiary/aromatic N) is 3. The van der Waals surface area contributed by atoms with Gasteiger partial charge in [0, 0.05) is 28.9 Å². The average molecular weight is 290 g/mol. The van der Waals surface area contributed by atoms with Crippen molar-refractivity contribution in [3.8, 4) is 11.3 Å². The molecule has 0 aliphatic carbocycles. The minimum atomic E-state index is -4.55. The Morgan fingerprint density at radius 3 is 2.67 bits per heavy atom. The van der Waals surface area contributed by atoms with Crippen LogP contribution in [0.4, 0.5) is 19.1 Å². The van der Waals surface area contributed by atoms with Crippen molar-refractivity contribution in [2.75, 3.05) is 0 Å². The first-order chi connectivity index (χ1) is 10.0. The second-order valence-corrected chi connectivity index (χ2v) is 4.34. The molecule has 0 aliphatic rings. The van der Waals surface area contributed by atoms with Crippen molar-refractivity contribution in [1.82, 2.24) is 15.0 Å². The quantitative estimate of drug-likeness (QED) is 0.726. The van der Waals surface area contributed by atoms with Gasteiger partial charge in [0.2, 0.25) is 5.95 Å². The van der Waals surface area contributed by atoms with Crippen molar-refractivity contribution < 1.29 is 13.2 Å². The molecule has 0 bridgehead atoms. The molecule has 3 rings (SSSR count). The van der Waals surface area contributed by atoms with Gasteiger partial charge in [0.15, 0.2) is 0 Å². The number of alkyl halides is 3. The summed E-state index contributed by atoms with van der Waals surface area (Å²) in [6.07, 6.45) is -2.32. The lowest BCUT2D eigenvalue weighted by Gasteiger charge is -2.11. The van der Waals surface area contributed by atoms with Gasteiger partial charge in [-0.25, -0.2) is 15.0 Å². The Labute approximate surface area is 117 Å². The normalized spacial score (nSPS) is 11.8. The first-order valence-corrected chi connectivity index (χ1v) is 5.98. The number of aromatic amines is 1. The molecule has 0 saturated carbocycles. The third-order valence-electron chi connectivity index (χ3n) is 3.07. The molecule has 3 aromatic rings. The largest absolute Gasteiger partial charge is 0.419 e. The van der Waals surface area contributed by atoms with Crippen LogP contribution in [0.3, 0.4) is 0 Å². The zero-order chi connectivity index (χ0) is 15.0. The average Bonchev–Trinajstić information content (AvgIpc) is 2.89. The predicted octanol–water partition coefficient (Wildman–Crippen LogP) is 3.98. The lowest BCUT2D eigenvalue weighted by molar-refractivity contribution is -0.137. The highest BCUT2D eigenvalue weighted by atomic mass is 19.4. The van der Waals surface area contributed by atoms with Crippen LogP contribution in [0.25, 0.3) is 22.2 Å². The highest BCUT2D eigenvalue weighted by molar-refractivity contribution is 5.95. The first-order valence-electron chi connectivity index (χ1n) is 5.98. The molecule has 2 heterocycles. The van der Waals surface area contributed by atoms with Gasteiger partial charge in [-0.2, -0.15) is 13.2 Å². The van der Waals surface area contributed by atoms with Crippen LogP contribution in [0, 0.1) is 0 Å². The third-order valence-corrected chi connectivity index (χ3v) is 3.07. The molecule has 0 fully saturated rings. The predicted molar refractivity (Wildman–Crippen MR) is 73.5 cm³/mol. The number of rotatable bonds is 2.